The van der Waals surface area contributed by atoms with Crippen molar-refractivity contribution in [2.24, 2.45) is 0 Å². The predicted molar refractivity (Wildman–Crippen MR) is 144 cm³/mol. The highest BCUT2D eigenvalue weighted by atomic mass is 16.5. The lowest BCUT2D eigenvalue weighted by molar-refractivity contribution is -0.113. The molecular weight excluding hydrogens is 466 g/mol. The minimum Gasteiger partial charge on any atom is -0.495 e. The van der Waals surface area contributed by atoms with E-state index in [1.807, 2.05) is 93.6 Å². The van der Waals surface area contributed by atoms with E-state index in [-0.39, 0.29) is 5.91 Å². The van der Waals surface area contributed by atoms with Crippen molar-refractivity contribution in [2.45, 2.75) is 26.8 Å². The first-order valence-corrected chi connectivity index (χ1v) is 12.2. The topological polar surface area (TPSA) is 90.3 Å². The number of amides is 1. The number of carbonyl (C=O) groups excluding carboxylic acids is 1. The van der Waals surface area contributed by atoms with E-state index < -0.39 is 6.04 Å². The smallest absolute Gasteiger partial charge is 0.255 e. The van der Waals surface area contributed by atoms with Crippen molar-refractivity contribution in [1.29, 1.82) is 0 Å². The molecule has 0 bridgehead atoms. The predicted octanol–water partition coefficient (Wildman–Crippen LogP) is 5.59. The average molecular weight is 496 g/mol. The van der Waals surface area contributed by atoms with E-state index in [1.54, 1.807) is 11.8 Å². The third-order valence-electron chi connectivity index (χ3n) is 6.24. The monoisotopic (exact) mass is 495 g/mol. The molecule has 8 nitrogen and oxygen atoms in total. The highest BCUT2D eigenvalue weighted by molar-refractivity contribution is 6.06. The van der Waals surface area contributed by atoms with Gasteiger partial charge in [0, 0.05) is 11.3 Å². The van der Waals surface area contributed by atoms with Crippen LogP contribution in [0.3, 0.4) is 0 Å². The van der Waals surface area contributed by atoms with Crippen molar-refractivity contribution in [3.05, 3.63) is 95.2 Å². The number of ether oxygens (including phenoxy) is 2. The fourth-order valence-corrected chi connectivity index (χ4v) is 4.51. The van der Waals surface area contributed by atoms with Gasteiger partial charge in [0.15, 0.2) is 5.82 Å². The normalized spacial score (nSPS) is 14.5. The molecular formula is C29H29N5O3. The lowest BCUT2D eigenvalue weighted by Gasteiger charge is -2.29. The number of carbonyl (C=O) groups is 1. The Bertz CT molecular complexity index is 1470. The van der Waals surface area contributed by atoms with Crippen LogP contribution < -0.4 is 20.1 Å². The quantitative estimate of drug-likeness (QED) is 0.347. The van der Waals surface area contributed by atoms with E-state index in [1.165, 1.54) is 0 Å². The summed E-state index contributed by atoms with van der Waals surface area (Å²) >= 11 is 0. The molecule has 5 rings (SSSR count). The van der Waals surface area contributed by atoms with Crippen LogP contribution in [-0.2, 0) is 4.79 Å². The van der Waals surface area contributed by atoms with Gasteiger partial charge in [-0.3, -0.25) is 4.79 Å². The molecule has 188 valence electrons. The van der Waals surface area contributed by atoms with Gasteiger partial charge in [-0.1, -0.05) is 48.0 Å². The standard InChI is InChI=1S/C29H29N5O3/c1-5-37-22-15-13-20(14-16-22)26-25(28(35)31-23-11-6-7-12-24(23)36-4)19(3)30-29-32-27(33-34(26)29)21-10-8-9-18(2)17-21/h6-17,26H,5H2,1-4H3,(H,31,35)(H,30,32,33). The molecule has 0 saturated carbocycles. The molecule has 37 heavy (non-hydrogen) atoms. The van der Waals surface area contributed by atoms with E-state index in [0.717, 1.165) is 22.4 Å². The van der Waals surface area contributed by atoms with Crippen molar-refractivity contribution >= 4 is 17.5 Å². The van der Waals surface area contributed by atoms with E-state index in [4.69, 9.17) is 19.6 Å². The molecule has 2 N–H and O–H groups in total. The Morgan fingerprint density at radius 1 is 1.05 bits per heavy atom. The Hall–Kier alpha value is -4.59. The summed E-state index contributed by atoms with van der Waals surface area (Å²) in [5.41, 5.74) is 4.73. The van der Waals surface area contributed by atoms with E-state index in [0.29, 0.717) is 41.1 Å². The van der Waals surface area contributed by atoms with Crippen LogP contribution in [-0.4, -0.2) is 34.4 Å². The number of fused-ring (bicyclic) bond motifs is 1. The summed E-state index contributed by atoms with van der Waals surface area (Å²) in [7, 11) is 1.58. The molecule has 8 heteroatoms. The van der Waals surface area contributed by atoms with E-state index in [9.17, 15) is 4.79 Å². The Balaban J connectivity index is 1.59. The van der Waals surface area contributed by atoms with Crippen LogP contribution in [0.2, 0.25) is 0 Å². The number of hydrogen-bond donors (Lipinski definition) is 2. The van der Waals surface area contributed by atoms with Crippen LogP contribution in [0.1, 0.15) is 31.0 Å². The lowest BCUT2D eigenvalue weighted by Crippen LogP contribution is -2.31. The number of allylic oxidation sites excluding steroid dienone is 1. The molecule has 0 fully saturated rings. The molecule has 3 aromatic carbocycles. The van der Waals surface area contributed by atoms with Crippen molar-refractivity contribution in [3.8, 4) is 22.9 Å². The zero-order chi connectivity index (χ0) is 25.9. The van der Waals surface area contributed by atoms with Gasteiger partial charge in [-0.25, -0.2) is 4.68 Å². The zero-order valence-electron chi connectivity index (χ0n) is 21.3. The third-order valence-corrected chi connectivity index (χ3v) is 6.24. The van der Waals surface area contributed by atoms with Gasteiger partial charge < -0.3 is 20.1 Å². The fraction of sp³-hybridized carbons (Fsp3) is 0.207. The lowest BCUT2D eigenvalue weighted by atomic mass is 9.95. The molecule has 1 amide bonds. The summed E-state index contributed by atoms with van der Waals surface area (Å²) < 4.78 is 12.9. The van der Waals surface area contributed by atoms with Crippen LogP contribution >= 0.6 is 0 Å². The molecule has 1 aliphatic rings. The molecule has 1 unspecified atom stereocenters. The van der Waals surface area contributed by atoms with Crippen molar-refractivity contribution in [3.63, 3.8) is 0 Å². The van der Waals surface area contributed by atoms with Gasteiger partial charge in [0.1, 0.15) is 17.5 Å². The second kappa shape index (κ2) is 10.2. The minimum absolute atomic E-state index is 0.258. The Morgan fingerprint density at radius 2 is 1.84 bits per heavy atom. The molecule has 1 aliphatic heterocycles. The number of rotatable bonds is 7. The maximum absolute atomic E-state index is 13.8. The fourth-order valence-electron chi connectivity index (χ4n) is 4.51. The number of aryl methyl sites for hydroxylation is 1. The second-order valence-electron chi connectivity index (χ2n) is 8.80. The number of anilines is 2. The van der Waals surface area contributed by atoms with Gasteiger partial charge in [-0.05, 0) is 56.7 Å². The summed E-state index contributed by atoms with van der Waals surface area (Å²) in [6.07, 6.45) is 0. The number of benzene rings is 3. The van der Waals surface area contributed by atoms with Gasteiger partial charge in [0.2, 0.25) is 5.95 Å². The molecule has 0 radical (unpaired) electrons. The molecule has 1 atom stereocenters. The summed E-state index contributed by atoms with van der Waals surface area (Å²) in [5.74, 6) is 2.24. The summed E-state index contributed by atoms with van der Waals surface area (Å²) in [6, 6.07) is 22.6. The largest absolute Gasteiger partial charge is 0.495 e. The van der Waals surface area contributed by atoms with Crippen molar-refractivity contribution in [2.75, 3.05) is 24.4 Å². The number of hydrogen-bond acceptors (Lipinski definition) is 6. The maximum atomic E-state index is 13.8. The van der Waals surface area contributed by atoms with E-state index in [2.05, 4.69) is 10.6 Å². The Labute approximate surface area is 216 Å². The molecule has 4 aromatic rings. The molecule has 1 aromatic heterocycles. The number of methoxy groups -OCH3 is 1. The first kappa shape index (κ1) is 24.1. The summed E-state index contributed by atoms with van der Waals surface area (Å²) in [5, 5.41) is 11.2. The van der Waals surface area contributed by atoms with Gasteiger partial charge >= 0.3 is 0 Å². The van der Waals surface area contributed by atoms with Crippen LogP contribution in [0.4, 0.5) is 11.6 Å². The summed E-state index contributed by atoms with van der Waals surface area (Å²) in [6.45, 7) is 6.43. The molecule has 0 aliphatic carbocycles. The highest BCUT2D eigenvalue weighted by Gasteiger charge is 2.34. The van der Waals surface area contributed by atoms with Gasteiger partial charge in [0.05, 0.1) is 25.0 Å². The van der Waals surface area contributed by atoms with Gasteiger partial charge in [-0.2, -0.15) is 4.98 Å². The average Bonchev–Trinajstić information content (AvgIpc) is 3.32. The maximum Gasteiger partial charge on any atom is 0.255 e. The second-order valence-corrected chi connectivity index (χ2v) is 8.80. The SMILES string of the molecule is CCOc1ccc(C2C(C(=O)Nc3ccccc3OC)=C(C)Nc3nc(-c4cccc(C)c4)nn32)cc1. The van der Waals surface area contributed by atoms with E-state index >= 15 is 0 Å². The van der Waals surface area contributed by atoms with Crippen LogP contribution in [0, 0.1) is 6.92 Å². The number of para-hydroxylation sites is 2. The Kier molecular flexibility index (Phi) is 6.64. The highest BCUT2D eigenvalue weighted by Crippen LogP contribution is 2.38. The number of nitrogens with zero attached hydrogens (tertiary/aromatic N) is 3. The number of nitrogens with one attached hydrogen (secondary N) is 2. The minimum atomic E-state index is -0.507. The van der Waals surface area contributed by atoms with Crippen LogP contribution in [0.25, 0.3) is 11.4 Å². The van der Waals surface area contributed by atoms with Gasteiger partial charge in [0.25, 0.3) is 5.91 Å². The van der Waals surface area contributed by atoms with Crippen molar-refractivity contribution in [1.82, 2.24) is 14.8 Å². The summed E-state index contributed by atoms with van der Waals surface area (Å²) in [4.78, 5) is 18.6. The first-order valence-electron chi connectivity index (χ1n) is 12.2. The van der Waals surface area contributed by atoms with Crippen LogP contribution in [0.15, 0.2) is 84.1 Å². The molecule has 0 spiro atoms. The number of aromatic nitrogens is 3. The Morgan fingerprint density at radius 3 is 2.57 bits per heavy atom. The van der Waals surface area contributed by atoms with Crippen LogP contribution in [0.5, 0.6) is 11.5 Å². The third kappa shape index (κ3) is 4.78. The first-order chi connectivity index (χ1) is 18.0. The molecule has 0 saturated heterocycles. The van der Waals surface area contributed by atoms with Gasteiger partial charge in [-0.15, -0.1) is 5.10 Å². The van der Waals surface area contributed by atoms with Crippen molar-refractivity contribution < 1.29 is 14.3 Å². The zero-order valence-corrected chi connectivity index (χ0v) is 21.3. The molecule has 2 heterocycles.